The second kappa shape index (κ2) is 12.1. The second-order valence-corrected chi connectivity index (χ2v) is 8.46. The molecule has 0 spiro atoms. The maximum atomic E-state index is 12.8. The number of hydrazine groups is 1. The fourth-order valence-electron chi connectivity index (χ4n) is 4.42. The first-order chi connectivity index (χ1) is 17.4. The van der Waals surface area contributed by atoms with E-state index in [-0.39, 0.29) is 30.3 Å². The summed E-state index contributed by atoms with van der Waals surface area (Å²) in [4.78, 5) is 41.3. The zero-order chi connectivity index (χ0) is 26.2. The van der Waals surface area contributed by atoms with Crippen LogP contribution in [-0.4, -0.2) is 65.0 Å². The van der Waals surface area contributed by atoms with E-state index in [2.05, 4.69) is 16.1 Å². The Morgan fingerprint density at radius 1 is 1.11 bits per heavy atom. The van der Waals surface area contributed by atoms with E-state index in [1.807, 2.05) is 18.7 Å². The van der Waals surface area contributed by atoms with Crippen LogP contribution in [0.3, 0.4) is 0 Å². The SMILES string of the molecule is CC.NNc1ccc(C(=O)NCC(=O)N2CCC(N3CCc4cc(O)ccc4NC3=O)CC2)cc1N. The van der Waals surface area contributed by atoms with Gasteiger partial charge in [-0.1, -0.05) is 13.8 Å². The van der Waals surface area contributed by atoms with E-state index in [9.17, 15) is 19.5 Å². The van der Waals surface area contributed by atoms with Crippen molar-refractivity contribution in [2.45, 2.75) is 39.2 Å². The molecule has 2 heterocycles. The van der Waals surface area contributed by atoms with Gasteiger partial charge in [0.05, 0.1) is 17.9 Å². The number of carbonyl (C=O) groups excluding carboxylic acids is 3. The summed E-state index contributed by atoms with van der Waals surface area (Å²) in [5.41, 5.74) is 11.1. The van der Waals surface area contributed by atoms with Crippen molar-refractivity contribution in [3.8, 4) is 5.75 Å². The number of phenolic OH excluding ortho intramolecular Hbond substituents is 1. The standard InChI is InChI=1S/C23H29N7O4.C2H6/c24-18-12-15(1-3-20(18)28-25)22(33)26-13-21(32)29-8-6-16(7-9-29)30-10-5-14-11-17(31)2-4-19(14)27-23(30)34;1-2/h1-4,11-12,16,28,31H,5-10,13,24-25H2,(H,26,33)(H,27,34);1-2H3. The van der Waals surface area contributed by atoms with Crippen molar-refractivity contribution in [2.75, 3.05) is 42.7 Å². The number of nitrogens with one attached hydrogen (secondary N) is 3. The first-order valence-electron chi connectivity index (χ1n) is 12.2. The molecule has 0 radical (unpaired) electrons. The van der Waals surface area contributed by atoms with Crippen molar-refractivity contribution in [1.29, 1.82) is 0 Å². The molecule has 4 rings (SSSR count). The summed E-state index contributed by atoms with van der Waals surface area (Å²) >= 11 is 0. The summed E-state index contributed by atoms with van der Waals surface area (Å²) < 4.78 is 0. The number of hydrogen-bond acceptors (Lipinski definition) is 7. The number of amides is 4. The van der Waals surface area contributed by atoms with E-state index < -0.39 is 5.91 Å². The van der Waals surface area contributed by atoms with Crippen molar-refractivity contribution < 1.29 is 19.5 Å². The van der Waals surface area contributed by atoms with E-state index in [1.165, 1.54) is 6.07 Å². The highest BCUT2D eigenvalue weighted by Crippen LogP contribution is 2.27. The lowest BCUT2D eigenvalue weighted by Gasteiger charge is -2.38. The zero-order valence-electron chi connectivity index (χ0n) is 20.7. The molecule has 194 valence electrons. The van der Waals surface area contributed by atoms with Crippen molar-refractivity contribution in [1.82, 2.24) is 15.1 Å². The van der Waals surface area contributed by atoms with Gasteiger partial charge in [-0.2, -0.15) is 0 Å². The molecule has 0 aliphatic carbocycles. The third-order valence-electron chi connectivity index (χ3n) is 6.34. The monoisotopic (exact) mass is 497 g/mol. The number of likely N-dealkylation sites (tertiary alicyclic amines) is 1. The fraction of sp³-hybridized carbons (Fsp3) is 0.400. The average Bonchev–Trinajstić information content (AvgIpc) is 3.06. The Bertz CT molecular complexity index is 1100. The lowest BCUT2D eigenvalue weighted by Crippen LogP contribution is -2.51. The third-order valence-corrected chi connectivity index (χ3v) is 6.34. The van der Waals surface area contributed by atoms with Crippen LogP contribution in [0.25, 0.3) is 0 Å². The minimum Gasteiger partial charge on any atom is -0.508 e. The van der Waals surface area contributed by atoms with Gasteiger partial charge in [0.2, 0.25) is 5.91 Å². The number of aromatic hydroxyl groups is 1. The lowest BCUT2D eigenvalue weighted by atomic mass is 10.0. The maximum Gasteiger partial charge on any atom is 0.322 e. The Balaban J connectivity index is 0.00000176. The normalized spacial score (nSPS) is 15.6. The summed E-state index contributed by atoms with van der Waals surface area (Å²) in [6.07, 6.45) is 1.94. The van der Waals surface area contributed by atoms with Crippen molar-refractivity contribution in [3.05, 3.63) is 47.5 Å². The van der Waals surface area contributed by atoms with Crippen molar-refractivity contribution in [3.63, 3.8) is 0 Å². The maximum absolute atomic E-state index is 12.8. The van der Waals surface area contributed by atoms with Crippen LogP contribution in [0.4, 0.5) is 21.9 Å². The number of phenols is 1. The van der Waals surface area contributed by atoms with Gasteiger partial charge in [-0.3, -0.25) is 15.4 Å². The van der Waals surface area contributed by atoms with Gasteiger partial charge in [-0.05, 0) is 61.2 Å². The second-order valence-electron chi connectivity index (χ2n) is 8.46. The predicted octanol–water partition coefficient (Wildman–Crippen LogP) is 2.10. The quantitative estimate of drug-likeness (QED) is 0.159. The van der Waals surface area contributed by atoms with Crippen LogP contribution in [0, 0.1) is 0 Å². The van der Waals surface area contributed by atoms with Gasteiger partial charge in [0, 0.05) is 36.9 Å². The molecule has 1 saturated heterocycles. The molecule has 2 aliphatic heterocycles. The van der Waals surface area contributed by atoms with Gasteiger partial charge < -0.3 is 36.7 Å². The smallest absolute Gasteiger partial charge is 0.322 e. The Hall–Kier alpha value is -3.99. The molecule has 0 atom stereocenters. The molecule has 0 bridgehead atoms. The number of rotatable bonds is 5. The van der Waals surface area contributed by atoms with Gasteiger partial charge in [-0.15, -0.1) is 0 Å². The number of anilines is 3. The Morgan fingerprint density at radius 3 is 2.50 bits per heavy atom. The Kier molecular flexibility index (Phi) is 8.96. The molecule has 0 saturated carbocycles. The van der Waals surface area contributed by atoms with Crippen LogP contribution in [0.5, 0.6) is 5.75 Å². The van der Waals surface area contributed by atoms with E-state index in [0.29, 0.717) is 61.5 Å². The summed E-state index contributed by atoms with van der Waals surface area (Å²) in [5.74, 6) is 4.94. The zero-order valence-corrected chi connectivity index (χ0v) is 20.7. The van der Waals surface area contributed by atoms with Gasteiger partial charge in [0.25, 0.3) is 5.91 Å². The summed E-state index contributed by atoms with van der Waals surface area (Å²) in [6.45, 7) is 5.42. The Morgan fingerprint density at radius 2 is 1.83 bits per heavy atom. The average molecular weight is 498 g/mol. The van der Waals surface area contributed by atoms with Crippen molar-refractivity contribution in [2.24, 2.45) is 5.84 Å². The van der Waals surface area contributed by atoms with Crippen LogP contribution in [0.1, 0.15) is 42.6 Å². The number of hydrogen-bond donors (Lipinski definition) is 6. The molecule has 11 nitrogen and oxygen atoms in total. The molecule has 2 aliphatic rings. The molecule has 0 unspecified atom stereocenters. The molecule has 2 aromatic carbocycles. The molecule has 11 heteroatoms. The largest absolute Gasteiger partial charge is 0.508 e. The van der Waals surface area contributed by atoms with Crippen LogP contribution in [0.15, 0.2) is 36.4 Å². The highest BCUT2D eigenvalue weighted by atomic mass is 16.3. The molecule has 36 heavy (non-hydrogen) atoms. The first-order valence-corrected chi connectivity index (χ1v) is 12.2. The Labute approximate surface area is 210 Å². The molecule has 4 amide bonds. The van der Waals surface area contributed by atoms with Gasteiger partial charge in [-0.25, -0.2) is 4.79 Å². The van der Waals surface area contributed by atoms with E-state index in [0.717, 1.165) is 5.56 Å². The molecule has 0 aromatic heterocycles. The van der Waals surface area contributed by atoms with E-state index in [1.54, 1.807) is 35.2 Å². The van der Waals surface area contributed by atoms with Crippen LogP contribution < -0.4 is 27.6 Å². The summed E-state index contributed by atoms with van der Waals surface area (Å²) in [5, 5.41) is 15.3. The van der Waals surface area contributed by atoms with Crippen LogP contribution >= 0.6 is 0 Å². The first kappa shape index (κ1) is 26.6. The number of nitrogens with two attached hydrogens (primary N) is 2. The predicted molar refractivity (Wildman–Crippen MR) is 139 cm³/mol. The molecule has 8 N–H and O–H groups in total. The molecule has 1 fully saturated rings. The topological polar surface area (TPSA) is 166 Å². The van der Waals surface area contributed by atoms with Gasteiger partial charge >= 0.3 is 6.03 Å². The minimum atomic E-state index is -0.398. The minimum absolute atomic E-state index is 0.0131. The number of nitrogen functional groups attached to an aromatic ring is 2. The summed E-state index contributed by atoms with van der Waals surface area (Å²) in [6, 6.07) is 9.44. The third kappa shape index (κ3) is 6.16. The van der Waals surface area contributed by atoms with E-state index >= 15 is 0 Å². The fourth-order valence-corrected chi connectivity index (χ4v) is 4.42. The van der Waals surface area contributed by atoms with Gasteiger partial charge in [0.1, 0.15) is 5.75 Å². The number of piperidine rings is 1. The van der Waals surface area contributed by atoms with Crippen LogP contribution in [0.2, 0.25) is 0 Å². The van der Waals surface area contributed by atoms with Crippen LogP contribution in [-0.2, 0) is 11.2 Å². The molecule has 2 aromatic rings. The number of urea groups is 1. The van der Waals surface area contributed by atoms with Gasteiger partial charge in [0.15, 0.2) is 0 Å². The number of carbonyl (C=O) groups is 3. The highest BCUT2D eigenvalue weighted by molar-refractivity contribution is 5.98. The van der Waals surface area contributed by atoms with Crippen molar-refractivity contribution >= 4 is 34.9 Å². The van der Waals surface area contributed by atoms with E-state index in [4.69, 9.17) is 11.6 Å². The summed E-state index contributed by atoms with van der Waals surface area (Å²) in [7, 11) is 0. The number of fused-ring (bicyclic) bond motifs is 1. The number of nitrogens with zero attached hydrogens (tertiary/aromatic N) is 2. The molecular formula is C25H35N7O4. The molecular weight excluding hydrogens is 462 g/mol. The number of benzene rings is 2. The lowest BCUT2D eigenvalue weighted by molar-refractivity contribution is -0.131. The highest BCUT2D eigenvalue weighted by Gasteiger charge is 2.31.